The topological polar surface area (TPSA) is 76.8 Å². The molecule has 5 rings (SSSR count). The zero-order valence-corrected chi connectivity index (χ0v) is 17.9. The number of ether oxygens (including phenoxy) is 2. The van der Waals surface area contributed by atoms with Crippen LogP contribution in [-0.4, -0.2) is 51.2 Å². The number of benzene rings is 1. The molecule has 2 aromatic rings. The summed E-state index contributed by atoms with van der Waals surface area (Å²) in [6.45, 7) is 1.44. The third-order valence-electron chi connectivity index (χ3n) is 6.27. The lowest BCUT2D eigenvalue weighted by Crippen LogP contribution is -2.51. The number of amides is 1. The van der Waals surface area contributed by atoms with Crippen LogP contribution in [0, 0.1) is 5.92 Å². The van der Waals surface area contributed by atoms with Crippen LogP contribution >= 0.6 is 15.9 Å². The van der Waals surface area contributed by atoms with Gasteiger partial charge < -0.3 is 19.5 Å². The molecule has 1 saturated heterocycles. The second kappa shape index (κ2) is 7.80. The van der Waals surface area contributed by atoms with Crippen molar-refractivity contribution in [2.75, 3.05) is 13.2 Å². The van der Waals surface area contributed by atoms with Crippen LogP contribution in [-0.2, 0) is 4.74 Å². The molecule has 1 N–H and O–H groups in total. The zero-order chi connectivity index (χ0) is 20.0. The Balaban J connectivity index is 1.30. The Morgan fingerprint density at radius 2 is 2.14 bits per heavy atom. The van der Waals surface area contributed by atoms with E-state index in [-0.39, 0.29) is 18.4 Å². The summed E-state index contributed by atoms with van der Waals surface area (Å²) in [6.07, 6.45) is 8.06. The Bertz CT molecular complexity index is 901. The summed E-state index contributed by atoms with van der Waals surface area (Å²) in [5.41, 5.74) is 0.998. The second-order valence-corrected chi connectivity index (χ2v) is 9.41. The molecule has 2 saturated carbocycles. The number of rotatable bonds is 6. The summed E-state index contributed by atoms with van der Waals surface area (Å²) in [7, 11) is 0. The third kappa shape index (κ3) is 3.97. The van der Waals surface area contributed by atoms with E-state index in [4.69, 9.17) is 9.47 Å². The number of hydrogen-bond acceptors (Lipinski definition) is 4. The number of fused-ring (bicyclic) bond motifs is 1. The predicted octanol–water partition coefficient (Wildman–Crippen LogP) is 4.80. The van der Waals surface area contributed by atoms with Crippen LogP contribution in [0.4, 0.5) is 4.79 Å². The maximum absolute atomic E-state index is 11.6. The molecule has 1 aromatic heterocycles. The quantitative estimate of drug-likeness (QED) is 0.665. The lowest BCUT2D eigenvalue weighted by molar-refractivity contribution is -0.0366. The minimum atomic E-state index is -0.807. The van der Waals surface area contributed by atoms with Gasteiger partial charge in [-0.2, -0.15) is 5.10 Å². The SMILES string of the molecule is O=C(O)N(CC1CC1)C1CC(Oc2cc(Br)cc3c2cnn3C2CCCCO2)C1. The van der Waals surface area contributed by atoms with Crippen LogP contribution in [0.5, 0.6) is 5.75 Å². The minimum absolute atomic E-state index is 0.0250. The molecule has 0 spiro atoms. The van der Waals surface area contributed by atoms with Gasteiger partial charge in [0, 0.05) is 36.5 Å². The highest BCUT2D eigenvalue weighted by molar-refractivity contribution is 9.10. The van der Waals surface area contributed by atoms with Crippen molar-refractivity contribution < 1.29 is 19.4 Å². The molecular weight excluding hydrogens is 438 g/mol. The van der Waals surface area contributed by atoms with Crippen molar-refractivity contribution in [3.8, 4) is 5.75 Å². The van der Waals surface area contributed by atoms with Crippen LogP contribution in [0.3, 0.4) is 0 Å². The number of nitrogens with zero attached hydrogens (tertiary/aromatic N) is 3. The van der Waals surface area contributed by atoms with Crippen molar-refractivity contribution in [3.05, 3.63) is 22.8 Å². The molecule has 29 heavy (non-hydrogen) atoms. The van der Waals surface area contributed by atoms with Gasteiger partial charge in [0.15, 0.2) is 6.23 Å². The normalized spacial score (nSPS) is 26.9. The summed E-state index contributed by atoms with van der Waals surface area (Å²) in [5, 5.41) is 15.1. The lowest BCUT2D eigenvalue weighted by atomic mass is 9.87. The molecule has 1 atom stereocenters. The highest BCUT2D eigenvalue weighted by Crippen LogP contribution is 2.38. The number of carbonyl (C=O) groups is 1. The Morgan fingerprint density at radius 1 is 1.31 bits per heavy atom. The van der Waals surface area contributed by atoms with Crippen LogP contribution in [0.25, 0.3) is 10.9 Å². The summed E-state index contributed by atoms with van der Waals surface area (Å²) in [6, 6.07) is 4.10. The summed E-state index contributed by atoms with van der Waals surface area (Å²) in [4.78, 5) is 13.2. The monoisotopic (exact) mass is 463 g/mol. The molecule has 156 valence electrons. The molecule has 3 aliphatic rings. The lowest BCUT2D eigenvalue weighted by Gasteiger charge is -2.41. The van der Waals surface area contributed by atoms with Gasteiger partial charge in [0.1, 0.15) is 11.9 Å². The van der Waals surface area contributed by atoms with Crippen LogP contribution in [0.2, 0.25) is 0 Å². The standard InChI is InChI=1S/C21H26BrN3O4/c22-14-7-18-17(11-23-25(18)20-3-1-2-6-28-20)19(8-14)29-16-9-15(10-16)24(21(26)27)12-13-4-5-13/h7-8,11,13,15-16,20H,1-6,9-10,12H2,(H,26,27). The van der Waals surface area contributed by atoms with Crippen molar-refractivity contribution in [1.82, 2.24) is 14.7 Å². The van der Waals surface area contributed by atoms with Crippen LogP contribution < -0.4 is 4.74 Å². The number of halogens is 1. The van der Waals surface area contributed by atoms with Gasteiger partial charge in [-0.3, -0.25) is 0 Å². The Hall–Kier alpha value is -1.80. The fourth-order valence-corrected chi connectivity index (χ4v) is 4.78. The average molecular weight is 464 g/mol. The largest absolute Gasteiger partial charge is 0.489 e. The second-order valence-electron chi connectivity index (χ2n) is 8.49. The van der Waals surface area contributed by atoms with E-state index in [2.05, 4.69) is 27.1 Å². The predicted molar refractivity (Wildman–Crippen MR) is 111 cm³/mol. The number of aromatic nitrogens is 2. The first-order chi connectivity index (χ1) is 14.1. The average Bonchev–Trinajstić information content (AvgIpc) is 3.40. The maximum Gasteiger partial charge on any atom is 0.407 e. The van der Waals surface area contributed by atoms with Gasteiger partial charge >= 0.3 is 6.09 Å². The van der Waals surface area contributed by atoms with E-state index >= 15 is 0 Å². The van der Waals surface area contributed by atoms with E-state index in [1.807, 2.05) is 16.9 Å². The van der Waals surface area contributed by atoms with Gasteiger partial charge in [-0.25, -0.2) is 9.48 Å². The molecule has 1 aromatic carbocycles. The molecule has 3 fully saturated rings. The van der Waals surface area contributed by atoms with Gasteiger partial charge in [0.25, 0.3) is 0 Å². The van der Waals surface area contributed by atoms with Crippen molar-refractivity contribution in [2.24, 2.45) is 5.92 Å². The maximum atomic E-state index is 11.6. The summed E-state index contributed by atoms with van der Waals surface area (Å²) >= 11 is 3.60. The van der Waals surface area contributed by atoms with E-state index < -0.39 is 6.09 Å². The molecular formula is C21H26BrN3O4. The van der Waals surface area contributed by atoms with Crippen LogP contribution in [0.15, 0.2) is 22.8 Å². The smallest absolute Gasteiger partial charge is 0.407 e. The first-order valence-corrected chi connectivity index (χ1v) is 11.3. The van der Waals surface area contributed by atoms with E-state index in [9.17, 15) is 9.90 Å². The molecule has 0 bridgehead atoms. The molecule has 2 aliphatic carbocycles. The molecule has 0 radical (unpaired) electrons. The van der Waals surface area contributed by atoms with Gasteiger partial charge in [-0.05, 0) is 50.2 Å². The highest BCUT2D eigenvalue weighted by Gasteiger charge is 2.40. The van der Waals surface area contributed by atoms with Gasteiger partial charge in [-0.15, -0.1) is 0 Å². The fraction of sp³-hybridized carbons (Fsp3) is 0.619. The van der Waals surface area contributed by atoms with Crippen molar-refractivity contribution in [3.63, 3.8) is 0 Å². The Morgan fingerprint density at radius 3 is 2.83 bits per heavy atom. The molecule has 2 heterocycles. The van der Waals surface area contributed by atoms with E-state index in [0.29, 0.717) is 12.5 Å². The third-order valence-corrected chi connectivity index (χ3v) is 6.73. The number of carboxylic acid groups (broad SMARTS) is 1. The first kappa shape index (κ1) is 19.2. The molecule has 1 unspecified atom stereocenters. The van der Waals surface area contributed by atoms with Gasteiger partial charge in [0.2, 0.25) is 0 Å². The van der Waals surface area contributed by atoms with Crippen molar-refractivity contribution in [1.29, 1.82) is 0 Å². The van der Waals surface area contributed by atoms with Crippen LogP contribution in [0.1, 0.15) is 51.2 Å². The van der Waals surface area contributed by atoms with Gasteiger partial charge in [-0.1, -0.05) is 15.9 Å². The summed E-state index contributed by atoms with van der Waals surface area (Å²) in [5.74, 6) is 1.35. The van der Waals surface area contributed by atoms with E-state index in [1.54, 1.807) is 4.90 Å². The molecule has 7 nitrogen and oxygen atoms in total. The number of hydrogen-bond donors (Lipinski definition) is 1. The summed E-state index contributed by atoms with van der Waals surface area (Å²) < 4.78 is 15.1. The van der Waals surface area contributed by atoms with Crippen molar-refractivity contribution in [2.45, 2.75) is 63.3 Å². The zero-order valence-electron chi connectivity index (χ0n) is 16.3. The minimum Gasteiger partial charge on any atom is -0.489 e. The Kier molecular flexibility index (Phi) is 5.16. The van der Waals surface area contributed by atoms with E-state index in [0.717, 1.165) is 72.7 Å². The molecule has 8 heteroatoms. The molecule has 1 aliphatic heterocycles. The fourth-order valence-electron chi connectivity index (χ4n) is 4.35. The van der Waals surface area contributed by atoms with Crippen molar-refractivity contribution >= 4 is 32.9 Å². The highest BCUT2D eigenvalue weighted by atomic mass is 79.9. The van der Waals surface area contributed by atoms with Gasteiger partial charge in [0.05, 0.1) is 17.1 Å². The first-order valence-electron chi connectivity index (χ1n) is 10.5. The Labute approximate surface area is 178 Å². The van der Waals surface area contributed by atoms with E-state index in [1.165, 1.54) is 0 Å². The molecule has 1 amide bonds.